The Kier molecular flexibility index (Phi) is 3.91. The van der Waals surface area contributed by atoms with Crippen molar-refractivity contribution in [1.29, 1.82) is 0 Å². The molecule has 0 saturated carbocycles. The van der Waals surface area contributed by atoms with Crippen molar-refractivity contribution in [2.24, 2.45) is 0 Å². The molecule has 2 N–H and O–H groups in total. The fraction of sp³-hybridized carbons (Fsp3) is 0.455. The average Bonchev–Trinajstić information content (AvgIpc) is 2.96. The number of hydrogen-bond donors (Lipinski definition) is 2. The number of amides is 1. The van der Waals surface area contributed by atoms with Crippen LogP contribution in [0.2, 0.25) is 0 Å². The molecule has 19 heavy (non-hydrogen) atoms. The zero-order valence-electron chi connectivity index (χ0n) is 10.1. The monoisotopic (exact) mass is 284 g/mol. The molecule has 1 aromatic heterocycles. The average molecular weight is 284 g/mol. The molecule has 2 rings (SSSR count). The van der Waals surface area contributed by atoms with Gasteiger partial charge in [0.1, 0.15) is 11.8 Å². The molecule has 1 aromatic rings. The number of thiazole rings is 1. The third kappa shape index (κ3) is 3.15. The molecule has 0 aromatic carbocycles. The summed E-state index contributed by atoms with van der Waals surface area (Å²) in [4.78, 5) is 37.5. The molecular weight excluding hydrogens is 272 g/mol. The molecule has 8 heteroatoms. The minimum Gasteiger partial charge on any atom is -0.479 e. The molecule has 0 radical (unpaired) electrons. The van der Waals surface area contributed by atoms with E-state index in [4.69, 9.17) is 9.84 Å². The fourth-order valence-corrected chi connectivity index (χ4v) is 2.44. The van der Waals surface area contributed by atoms with Crippen LogP contribution >= 0.6 is 11.3 Å². The number of rotatable bonds is 4. The van der Waals surface area contributed by atoms with Gasteiger partial charge in [0, 0.05) is 12.3 Å². The molecule has 7 nitrogen and oxygen atoms in total. The number of aromatic nitrogens is 1. The number of ketones is 1. The van der Waals surface area contributed by atoms with E-state index in [1.54, 1.807) is 5.38 Å². The number of hydrogen-bond acceptors (Lipinski definition) is 6. The van der Waals surface area contributed by atoms with E-state index in [9.17, 15) is 14.4 Å². The summed E-state index contributed by atoms with van der Waals surface area (Å²) in [5.41, 5.74) is 0.288. The van der Waals surface area contributed by atoms with Crippen LogP contribution in [0.4, 0.5) is 5.13 Å². The quantitative estimate of drug-likeness (QED) is 0.796. The molecular formula is C11H12N2O5S. The summed E-state index contributed by atoms with van der Waals surface area (Å²) in [5, 5.41) is 13.1. The molecule has 0 spiro atoms. The van der Waals surface area contributed by atoms with Gasteiger partial charge in [0.25, 0.3) is 5.91 Å². The van der Waals surface area contributed by atoms with Crippen molar-refractivity contribution in [3.05, 3.63) is 11.1 Å². The van der Waals surface area contributed by atoms with E-state index in [0.29, 0.717) is 18.0 Å². The van der Waals surface area contributed by atoms with Crippen LogP contribution in [0.25, 0.3) is 0 Å². The van der Waals surface area contributed by atoms with E-state index in [1.807, 2.05) is 0 Å². The van der Waals surface area contributed by atoms with Gasteiger partial charge in [0.2, 0.25) is 0 Å². The number of ether oxygens (including phenoxy) is 1. The molecule has 2 unspecified atom stereocenters. The summed E-state index contributed by atoms with van der Waals surface area (Å²) in [5.74, 6) is -1.68. The van der Waals surface area contributed by atoms with Crippen molar-refractivity contribution in [3.8, 4) is 0 Å². The normalized spacial score (nSPS) is 22.2. The topological polar surface area (TPSA) is 106 Å². The molecule has 1 aliphatic rings. The first kappa shape index (κ1) is 13.6. The number of carboxylic acid groups (broad SMARTS) is 1. The maximum atomic E-state index is 11.8. The molecule has 1 aliphatic heterocycles. The minimum atomic E-state index is -1.07. The number of nitrogens with one attached hydrogen (secondary N) is 1. The highest BCUT2D eigenvalue weighted by Crippen LogP contribution is 2.22. The summed E-state index contributed by atoms with van der Waals surface area (Å²) in [6, 6.07) is 0. The molecule has 102 valence electrons. The Morgan fingerprint density at radius 2 is 2.11 bits per heavy atom. The number of aliphatic carboxylic acids is 1. The maximum absolute atomic E-state index is 11.8. The molecule has 1 saturated heterocycles. The number of nitrogens with zero attached hydrogens (tertiary/aromatic N) is 1. The van der Waals surface area contributed by atoms with Crippen molar-refractivity contribution in [3.63, 3.8) is 0 Å². The summed E-state index contributed by atoms with van der Waals surface area (Å²) >= 11 is 1.14. The standard InChI is InChI=1S/C11H12N2O5S/c1-5(14)6-4-19-11(12-6)13-9(15)7-2-3-8(18-7)10(16)17/h4,7-8H,2-3H2,1H3,(H,16,17)(H,12,13,15). The molecule has 1 amide bonds. The van der Waals surface area contributed by atoms with Crippen molar-refractivity contribution >= 4 is 34.1 Å². The van der Waals surface area contributed by atoms with Crippen LogP contribution < -0.4 is 5.32 Å². The van der Waals surface area contributed by atoms with Gasteiger partial charge in [-0.1, -0.05) is 0 Å². The number of carbonyl (C=O) groups excluding carboxylic acids is 2. The molecule has 0 bridgehead atoms. The first-order chi connectivity index (χ1) is 8.97. The summed E-state index contributed by atoms with van der Waals surface area (Å²) < 4.78 is 5.11. The van der Waals surface area contributed by atoms with E-state index in [1.165, 1.54) is 6.92 Å². The van der Waals surface area contributed by atoms with Gasteiger partial charge in [-0.3, -0.25) is 14.9 Å². The van der Waals surface area contributed by atoms with Crippen LogP contribution in [0.5, 0.6) is 0 Å². The van der Waals surface area contributed by atoms with E-state index in [-0.39, 0.29) is 11.5 Å². The number of Topliss-reactive ketones (excluding diaryl/α,β-unsaturated/α-hetero) is 1. The van der Waals surface area contributed by atoms with Gasteiger partial charge >= 0.3 is 5.97 Å². The Labute approximate surface area is 112 Å². The van der Waals surface area contributed by atoms with Crippen LogP contribution in [0.3, 0.4) is 0 Å². The predicted octanol–water partition coefficient (Wildman–Crippen LogP) is 0.916. The number of carbonyl (C=O) groups is 3. The maximum Gasteiger partial charge on any atom is 0.332 e. The first-order valence-corrected chi connectivity index (χ1v) is 6.51. The third-order valence-electron chi connectivity index (χ3n) is 2.68. The Bertz CT molecular complexity index is 527. The van der Waals surface area contributed by atoms with E-state index < -0.39 is 24.1 Å². The summed E-state index contributed by atoms with van der Waals surface area (Å²) in [6.45, 7) is 1.39. The second kappa shape index (κ2) is 5.45. The highest BCUT2D eigenvalue weighted by Gasteiger charge is 2.34. The van der Waals surface area contributed by atoms with Crippen LogP contribution in [0.15, 0.2) is 5.38 Å². The van der Waals surface area contributed by atoms with Crippen LogP contribution in [-0.2, 0) is 14.3 Å². The molecule has 0 aliphatic carbocycles. The molecule has 2 heterocycles. The second-order valence-electron chi connectivity index (χ2n) is 4.11. The van der Waals surface area contributed by atoms with Crippen molar-refractivity contribution in [2.45, 2.75) is 32.0 Å². The second-order valence-corrected chi connectivity index (χ2v) is 4.97. The van der Waals surface area contributed by atoms with Gasteiger partial charge < -0.3 is 9.84 Å². The summed E-state index contributed by atoms with van der Waals surface area (Å²) in [7, 11) is 0. The Morgan fingerprint density at radius 3 is 2.63 bits per heavy atom. The van der Waals surface area contributed by atoms with Crippen molar-refractivity contribution in [2.75, 3.05) is 5.32 Å². The largest absolute Gasteiger partial charge is 0.479 e. The smallest absolute Gasteiger partial charge is 0.332 e. The SMILES string of the molecule is CC(=O)c1csc(NC(=O)C2CCC(C(=O)O)O2)n1. The lowest BCUT2D eigenvalue weighted by atomic mass is 10.2. The van der Waals surface area contributed by atoms with Crippen LogP contribution in [0, 0.1) is 0 Å². The van der Waals surface area contributed by atoms with Gasteiger partial charge in [-0.25, -0.2) is 9.78 Å². The Hall–Kier alpha value is -1.80. The van der Waals surface area contributed by atoms with Gasteiger partial charge in [-0.2, -0.15) is 0 Å². The highest BCUT2D eigenvalue weighted by molar-refractivity contribution is 7.14. The number of anilines is 1. The number of carboxylic acids is 1. The minimum absolute atomic E-state index is 0.181. The molecule has 1 fully saturated rings. The third-order valence-corrected chi connectivity index (χ3v) is 3.44. The first-order valence-electron chi connectivity index (χ1n) is 5.63. The predicted molar refractivity (Wildman–Crippen MR) is 66.3 cm³/mol. The lowest BCUT2D eigenvalue weighted by Gasteiger charge is -2.09. The Morgan fingerprint density at radius 1 is 1.42 bits per heavy atom. The summed E-state index contributed by atoms with van der Waals surface area (Å²) in [6.07, 6.45) is -1.05. The molecule has 2 atom stereocenters. The van der Waals surface area contributed by atoms with Crippen LogP contribution in [-0.4, -0.2) is 40.0 Å². The van der Waals surface area contributed by atoms with Crippen molar-refractivity contribution < 1.29 is 24.2 Å². The van der Waals surface area contributed by atoms with Gasteiger partial charge in [0.15, 0.2) is 17.0 Å². The zero-order valence-corrected chi connectivity index (χ0v) is 10.9. The van der Waals surface area contributed by atoms with E-state index >= 15 is 0 Å². The van der Waals surface area contributed by atoms with Gasteiger partial charge in [0.05, 0.1) is 0 Å². The van der Waals surface area contributed by atoms with E-state index in [2.05, 4.69) is 10.3 Å². The zero-order chi connectivity index (χ0) is 14.0. The van der Waals surface area contributed by atoms with Crippen molar-refractivity contribution in [1.82, 2.24) is 4.98 Å². The van der Waals surface area contributed by atoms with Gasteiger partial charge in [-0.15, -0.1) is 11.3 Å². The highest BCUT2D eigenvalue weighted by atomic mass is 32.1. The van der Waals surface area contributed by atoms with Gasteiger partial charge in [-0.05, 0) is 12.8 Å². The fourth-order valence-electron chi connectivity index (χ4n) is 1.69. The van der Waals surface area contributed by atoms with Crippen LogP contribution in [0.1, 0.15) is 30.3 Å². The lowest BCUT2D eigenvalue weighted by molar-refractivity contribution is -0.150. The Balaban J connectivity index is 1.94. The lowest BCUT2D eigenvalue weighted by Crippen LogP contribution is -2.29. The van der Waals surface area contributed by atoms with E-state index in [0.717, 1.165) is 11.3 Å².